The fourth-order valence-corrected chi connectivity index (χ4v) is 2.80. The molecule has 0 saturated carbocycles. The molecule has 3 amide bonds. The van der Waals surface area contributed by atoms with Crippen molar-refractivity contribution in [3.63, 3.8) is 0 Å². The van der Waals surface area contributed by atoms with Gasteiger partial charge in [0.25, 0.3) is 5.91 Å². The van der Waals surface area contributed by atoms with E-state index >= 15 is 0 Å². The van der Waals surface area contributed by atoms with E-state index in [1.165, 1.54) is 17.4 Å². The minimum absolute atomic E-state index is 0.115. The van der Waals surface area contributed by atoms with E-state index in [4.69, 9.17) is 4.42 Å². The normalized spacial score (nSPS) is 10.3. The van der Waals surface area contributed by atoms with E-state index in [1.807, 2.05) is 25.1 Å². The summed E-state index contributed by atoms with van der Waals surface area (Å²) in [5.41, 5.74) is 2.02. The molecule has 8 heteroatoms. The van der Waals surface area contributed by atoms with E-state index in [0.717, 1.165) is 5.56 Å². The Bertz CT molecular complexity index is 1000. The lowest BCUT2D eigenvalue weighted by Crippen LogP contribution is -2.42. The van der Waals surface area contributed by atoms with Gasteiger partial charge in [-0.15, -0.1) is 0 Å². The molecule has 0 fully saturated rings. The molecule has 0 aliphatic rings. The molecule has 0 saturated heterocycles. The summed E-state index contributed by atoms with van der Waals surface area (Å²) in [7, 11) is 0. The van der Waals surface area contributed by atoms with Gasteiger partial charge >= 0.3 is 0 Å². The molecule has 3 aromatic rings. The number of hydrogen-bond donors (Lipinski definition) is 2. The van der Waals surface area contributed by atoms with Crippen LogP contribution in [0.5, 0.6) is 0 Å². The van der Waals surface area contributed by atoms with Crippen molar-refractivity contribution >= 4 is 23.4 Å². The third kappa shape index (κ3) is 6.03. The van der Waals surface area contributed by atoms with E-state index < -0.39 is 5.91 Å². The number of hydrogen-bond acceptors (Lipinski definition) is 5. The Labute approximate surface area is 173 Å². The predicted octanol–water partition coefficient (Wildman–Crippen LogP) is 2.38. The standard InChI is InChI=1S/C22H22N4O4/c1-16-5-2-7-18(11-16)25-20(27)13-24-21(28)15-26(14-19-8-4-10-30-19)22(29)17-6-3-9-23-12-17/h2-12H,13-15H2,1H3,(H,24,28)(H,25,27). The first-order valence-corrected chi connectivity index (χ1v) is 9.36. The average molecular weight is 406 g/mol. The first-order valence-electron chi connectivity index (χ1n) is 9.36. The predicted molar refractivity (Wildman–Crippen MR) is 111 cm³/mol. The van der Waals surface area contributed by atoms with Gasteiger partial charge in [-0.3, -0.25) is 19.4 Å². The smallest absolute Gasteiger partial charge is 0.256 e. The van der Waals surface area contributed by atoms with Crippen molar-refractivity contribution < 1.29 is 18.8 Å². The van der Waals surface area contributed by atoms with Crippen LogP contribution in [0.15, 0.2) is 71.6 Å². The van der Waals surface area contributed by atoms with Crippen LogP contribution >= 0.6 is 0 Å². The summed E-state index contributed by atoms with van der Waals surface area (Å²) >= 11 is 0. The fourth-order valence-electron chi connectivity index (χ4n) is 2.80. The maximum atomic E-state index is 12.8. The third-order valence-corrected chi connectivity index (χ3v) is 4.20. The summed E-state index contributed by atoms with van der Waals surface area (Å²) in [5, 5.41) is 5.26. The average Bonchev–Trinajstić information content (AvgIpc) is 3.25. The van der Waals surface area contributed by atoms with Gasteiger partial charge in [0.15, 0.2) is 0 Å². The largest absolute Gasteiger partial charge is 0.467 e. The molecule has 2 aromatic heterocycles. The number of carbonyl (C=O) groups is 3. The second-order valence-corrected chi connectivity index (χ2v) is 6.68. The lowest BCUT2D eigenvalue weighted by atomic mass is 10.2. The number of pyridine rings is 1. The van der Waals surface area contributed by atoms with Gasteiger partial charge in [-0.1, -0.05) is 12.1 Å². The van der Waals surface area contributed by atoms with E-state index in [1.54, 1.807) is 36.5 Å². The van der Waals surface area contributed by atoms with Gasteiger partial charge in [0.2, 0.25) is 11.8 Å². The molecule has 8 nitrogen and oxygen atoms in total. The van der Waals surface area contributed by atoms with Crippen molar-refractivity contribution in [3.05, 3.63) is 84.1 Å². The van der Waals surface area contributed by atoms with Crippen molar-refractivity contribution in [2.45, 2.75) is 13.5 Å². The maximum Gasteiger partial charge on any atom is 0.256 e. The molecule has 0 unspecified atom stereocenters. The summed E-state index contributed by atoms with van der Waals surface area (Å²) in [4.78, 5) is 42.6. The SMILES string of the molecule is Cc1cccc(NC(=O)CNC(=O)CN(Cc2ccco2)C(=O)c2cccnc2)c1. The highest BCUT2D eigenvalue weighted by Crippen LogP contribution is 2.11. The molecule has 1 aromatic carbocycles. The van der Waals surface area contributed by atoms with Crippen LogP contribution in [0, 0.1) is 6.92 Å². The molecular formula is C22H22N4O4. The van der Waals surface area contributed by atoms with Gasteiger partial charge in [0.05, 0.1) is 24.9 Å². The second-order valence-electron chi connectivity index (χ2n) is 6.68. The van der Waals surface area contributed by atoms with Crippen molar-refractivity contribution in [3.8, 4) is 0 Å². The first-order chi connectivity index (χ1) is 14.5. The molecule has 0 spiro atoms. The van der Waals surface area contributed by atoms with E-state index in [-0.39, 0.29) is 31.4 Å². The lowest BCUT2D eigenvalue weighted by molar-refractivity contribution is -0.124. The van der Waals surface area contributed by atoms with Crippen LogP contribution < -0.4 is 10.6 Å². The summed E-state index contributed by atoms with van der Waals surface area (Å²) in [6.07, 6.45) is 4.50. The number of aromatic nitrogens is 1. The Kier molecular flexibility index (Phi) is 6.94. The molecule has 30 heavy (non-hydrogen) atoms. The molecule has 0 atom stereocenters. The van der Waals surface area contributed by atoms with Gasteiger partial charge < -0.3 is 20.0 Å². The van der Waals surface area contributed by atoms with Crippen molar-refractivity contribution in [1.82, 2.24) is 15.2 Å². The van der Waals surface area contributed by atoms with Crippen LogP contribution in [0.3, 0.4) is 0 Å². The quantitative estimate of drug-likeness (QED) is 0.598. The Morgan fingerprint density at radius 2 is 1.93 bits per heavy atom. The van der Waals surface area contributed by atoms with E-state index in [9.17, 15) is 14.4 Å². The first kappa shape index (κ1) is 20.8. The molecule has 0 aliphatic heterocycles. The van der Waals surface area contributed by atoms with E-state index in [0.29, 0.717) is 17.0 Å². The van der Waals surface area contributed by atoms with Gasteiger partial charge in [0, 0.05) is 18.1 Å². The fraction of sp³-hybridized carbons (Fsp3) is 0.182. The van der Waals surface area contributed by atoms with Crippen LogP contribution in [0.2, 0.25) is 0 Å². The zero-order valence-electron chi connectivity index (χ0n) is 16.5. The Balaban J connectivity index is 1.58. The van der Waals surface area contributed by atoms with Gasteiger partial charge in [0.1, 0.15) is 12.3 Å². The van der Waals surface area contributed by atoms with Crippen molar-refractivity contribution in [1.29, 1.82) is 0 Å². The Morgan fingerprint density at radius 1 is 1.07 bits per heavy atom. The summed E-state index contributed by atoms with van der Waals surface area (Å²) < 4.78 is 5.30. The third-order valence-electron chi connectivity index (χ3n) is 4.20. The number of nitrogens with zero attached hydrogens (tertiary/aromatic N) is 2. The van der Waals surface area contributed by atoms with Gasteiger partial charge in [-0.2, -0.15) is 0 Å². The molecular weight excluding hydrogens is 384 g/mol. The van der Waals surface area contributed by atoms with Crippen LogP contribution in [0.4, 0.5) is 5.69 Å². The maximum absolute atomic E-state index is 12.8. The monoisotopic (exact) mass is 406 g/mol. The van der Waals surface area contributed by atoms with Crippen molar-refractivity contribution in [2.75, 3.05) is 18.4 Å². The van der Waals surface area contributed by atoms with Crippen molar-refractivity contribution in [2.24, 2.45) is 0 Å². The number of aryl methyl sites for hydroxylation is 1. The number of carbonyl (C=O) groups excluding carboxylic acids is 3. The topological polar surface area (TPSA) is 105 Å². The summed E-state index contributed by atoms with van der Waals surface area (Å²) in [5.74, 6) is -0.639. The zero-order valence-corrected chi connectivity index (χ0v) is 16.5. The molecule has 3 rings (SSSR count). The molecule has 154 valence electrons. The molecule has 2 heterocycles. The number of rotatable bonds is 8. The van der Waals surface area contributed by atoms with E-state index in [2.05, 4.69) is 15.6 Å². The number of furan rings is 1. The number of benzene rings is 1. The highest BCUT2D eigenvalue weighted by molar-refractivity contribution is 5.97. The molecule has 0 radical (unpaired) electrons. The second kappa shape index (κ2) is 10.0. The zero-order chi connectivity index (χ0) is 21.3. The highest BCUT2D eigenvalue weighted by atomic mass is 16.3. The summed E-state index contributed by atoms with van der Waals surface area (Å²) in [6.45, 7) is 1.60. The molecule has 0 bridgehead atoms. The summed E-state index contributed by atoms with van der Waals surface area (Å²) in [6, 6.07) is 14.0. The van der Waals surface area contributed by atoms with Crippen LogP contribution in [0.1, 0.15) is 21.7 Å². The van der Waals surface area contributed by atoms with Crippen LogP contribution in [0.25, 0.3) is 0 Å². The Hall–Kier alpha value is -3.94. The molecule has 2 N–H and O–H groups in total. The lowest BCUT2D eigenvalue weighted by Gasteiger charge is -2.21. The highest BCUT2D eigenvalue weighted by Gasteiger charge is 2.20. The van der Waals surface area contributed by atoms with Crippen LogP contribution in [-0.2, 0) is 16.1 Å². The minimum atomic E-state index is -0.460. The van der Waals surface area contributed by atoms with Crippen LogP contribution in [-0.4, -0.2) is 40.7 Å². The number of amides is 3. The number of anilines is 1. The minimum Gasteiger partial charge on any atom is -0.467 e. The Morgan fingerprint density at radius 3 is 2.63 bits per heavy atom. The number of nitrogens with one attached hydrogen (secondary N) is 2. The van der Waals surface area contributed by atoms with Gasteiger partial charge in [-0.25, -0.2) is 0 Å². The van der Waals surface area contributed by atoms with Gasteiger partial charge in [-0.05, 0) is 48.9 Å². The molecule has 0 aliphatic carbocycles.